The van der Waals surface area contributed by atoms with E-state index in [-0.39, 0.29) is 0 Å². The summed E-state index contributed by atoms with van der Waals surface area (Å²) < 4.78 is 21.5. The van der Waals surface area contributed by atoms with Crippen LogP contribution in [-0.4, -0.2) is 21.6 Å². The van der Waals surface area contributed by atoms with Crippen LogP contribution in [0.25, 0.3) is 0 Å². The number of hydrogen-bond acceptors (Lipinski definition) is 2. The molecule has 3 nitrogen and oxygen atoms in total. The highest BCUT2D eigenvalue weighted by Gasteiger charge is 2.55. The van der Waals surface area contributed by atoms with Gasteiger partial charge in [-0.25, -0.2) is 13.6 Å². The first kappa shape index (κ1) is 8.23. The fourth-order valence-electron chi connectivity index (χ4n) is 1.31. The van der Waals surface area contributed by atoms with E-state index in [9.17, 15) is 8.42 Å². The van der Waals surface area contributed by atoms with Crippen LogP contribution in [0, 0.1) is 0 Å². The van der Waals surface area contributed by atoms with Crippen LogP contribution < -0.4 is 5.14 Å². The zero-order chi connectivity index (χ0) is 7.99. The van der Waals surface area contributed by atoms with Gasteiger partial charge in [-0.15, -0.1) is 0 Å². The molecule has 10 heavy (non-hydrogen) atoms. The van der Waals surface area contributed by atoms with Gasteiger partial charge in [0.2, 0.25) is 10.0 Å². The van der Waals surface area contributed by atoms with Gasteiger partial charge in [-0.05, 0) is 12.8 Å². The van der Waals surface area contributed by atoms with Gasteiger partial charge in [0.25, 0.3) is 0 Å². The molecule has 0 aromatic heterocycles. The highest BCUT2D eigenvalue weighted by atomic mass is 32.2. The Hall–Kier alpha value is 0.127. The summed E-state index contributed by atoms with van der Waals surface area (Å²) in [5.41, 5.74) is 0. The van der Waals surface area contributed by atoms with Crippen LogP contribution >= 0.6 is 0 Å². The lowest BCUT2D eigenvalue weighted by molar-refractivity contribution is 0.592. The molecule has 5 heteroatoms. The zero-order valence-corrected chi connectivity index (χ0v) is 8.26. The van der Waals surface area contributed by atoms with Crippen LogP contribution in [0.2, 0.25) is 13.1 Å². The lowest BCUT2D eigenvalue weighted by Gasteiger charge is -2.14. The Bertz CT molecular complexity index is 230. The Kier molecular flexibility index (Phi) is 1.69. The van der Waals surface area contributed by atoms with Gasteiger partial charge in [0, 0.05) is 0 Å². The van der Waals surface area contributed by atoms with Gasteiger partial charge in [0.15, 0.2) is 0 Å². The summed E-state index contributed by atoms with van der Waals surface area (Å²) in [6.45, 7) is 4.08. The smallest absolute Gasteiger partial charge is 0.211 e. The first-order valence-electron chi connectivity index (χ1n) is 3.42. The van der Waals surface area contributed by atoms with E-state index in [1.54, 1.807) is 0 Å². The Morgan fingerprint density at radius 2 is 1.80 bits per heavy atom. The highest BCUT2D eigenvalue weighted by molar-refractivity contribution is 7.92. The second-order valence-corrected chi connectivity index (χ2v) is 9.00. The maximum atomic E-state index is 11.0. The predicted octanol–water partition coefficient (Wildman–Crippen LogP) is -0.167. The molecule has 1 fully saturated rings. The number of primary sulfonamides is 1. The van der Waals surface area contributed by atoms with Gasteiger partial charge >= 0.3 is 0 Å². The van der Waals surface area contributed by atoms with Crippen LogP contribution in [0.4, 0.5) is 0 Å². The Labute approximate surface area is 63.3 Å². The minimum absolute atomic E-state index is 0.424. The molecule has 0 atom stereocenters. The van der Waals surface area contributed by atoms with Gasteiger partial charge in [-0.3, -0.25) is 0 Å². The molecule has 1 aliphatic carbocycles. The maximum absolute atomic E-state index is 11.0. The van der Waals surface area contributed by atoms with Gasteiger partial charge in [0.1, 0.15) is 0 Å². The normalized spacial score (nSPS) is 23.2. The standard InChI is InChI=1S/C5H13NO2SSi/c1-10(2)5(3-4-5)9(6,7)8/h10H,3-4H2,1-2H3,(H2,6,7,8). The molecule has 1 aliphatic rings. The van der Waals surface area contributed by atoms with Crippen molar-refractivity contribution in [1.82, 2.24) is 0 Å². The maximum Gasteiger partial charge on any atom is 0.211 e. The fourth-order valence-corrected chi connectivity index (χ4v) is 5.91. The van der Waals surface area contributed by atoms with Gasteiger partial charge in [-0.1, -0.05) is 13.1 Å². The summed E-state index contributed by atoms with van der Waals surface area (Å²) in [5, 5.41) is 5.08. The molecule has 1 saturated carbocycles. The lowest BCUT2D eigenvalue weighted by Crippen LogP contribution is -2.40. The van der Waals surface area contributed by atoms with E-state index in [1.165, 1.54) is 0 Å². The van der Waals surface area contributed by atoms with Crippen LogP contribution in [0.15, 0.2) is 0 Å². The van der Waals surface area contributed by atoms with Crippen molar-refractivity contribution >= 4 is 18.8 Å². The second kappa shape index (κ2) is 2.06. The third kappa shape index (κ3) is 1.02. The average Bonchev–Trinajstić information content (AvgIpc) is 2.36. The lowest BCUT2D eigenvalue weighted by atomic mass is 10.9. The third-order valence-electron chi connectivity index (χ3n) is 2.36. The van der Waals surface area contributed by atoms with E-state index in [0.717, 1.165) is 12.8 Å². The first-order valence-corrected chi connectivity index (χ1v) is 7.86. The Balaban J connectivity index is 2.91. The molecule has 0 aromatic carbocycles. The van der Waals surface area contributed by atoms with E-state index in [2.05, 4.69) is 0 Å². The van der Waals surface area contributed by atoms with E-state index < -0.39 is 23.2 Å². The fraction of sp³-hybridized carbons (Fsp3) is 1.00. The zero-order valence-electron chi connectivity index (χ0n) is 6.29. The van der Waals surface area contributed by atoms with Crippen LogP contribution in [0.1, 0.15) is 12.8 Å². The number of nitrogens with two attached hydrogens (primary N) is 1. The van der Waals surface area contributed by atoms with E-state index >= 15 is 0 Å². The van der Waals surface area contributed by atoms with Gasteiger partial charge in [-0.2, -0.15) is 0 Å². The summed E-state index contributed by atoms with van der Waals surface area (Å²) in [7, 11) is -4.34. The third-order valence-corrected chi connectivity index (χ3v) is 8.98. The number of hydrogen-bond donors (Lipinski definition) is 1. The largest absolute Gasteiger partial charge is 0.229 e. The average molecular weight is 179 g/mol. The minimum Gasteiger partial charge on any atom is -0.229 e. The molecule has 0 unspecified atom stereocenters. The number of sulfonamides is 1. The van der Waals surface area contributed by atoms with Crippen LogP contribution in [0.5, 0.6) is 0 Å². The van der Waals surface area contributed by atoms with E-state index in [0.29, 0.717) is 0 Å². The summed E-state index contributed by atoms with van der Waals surface area (Å²) in [4.78, 5) is 0. The van der Waals surface area contributed by atoms with Crippen molar-refractivity contribution in [3.63, 3.8) is 0 Å². The molecule has 0 amide bonds. The van der Waals surface area contributed by atoms with Crippen molar-refractivity contribution in [2.45, 2.75) is 30.3 Å². The Morgan fingerprint density at radius 1 is 1.40 bits per heavy atom. The molecular weight excluding hydrogens is 166 g/mol. The summed E-state index contributed by atoms with van der Waals surface area (Å²) in [6.07, 6.45) is 1.60. The first-order chi connectivity index (χ1) is 4.40. The molecule has 60 valence electrons. The second-order valence-electron chi connectivity index (χ2n) is 3.26. The van der Waals surface area contributed by atoms with Crippen molar-refractivity contribution in [2.75, 3.05) is 0 Å². The molecule has 0 heterocycles. The predicted molar refractivity (Wildman–Crippen MR) is 43.9 cm³/mol. The van der Waals surface area contributed by atoms with E-state index in [4.69, 9.17) is 5.14 Å². The highest BCUT2D eigenvalue weighted by Crippen LogP contribution is 2.44. The summed E-state index contributed by atoms with van der Waals surface area (Å²) in [5.74, 6) is 0. The molecule has 0 saturated heterocycles. The van der Waals surface area contributed by atoms with Crippen LogP contribution in [-0.2, 0) is 10.0 Å². The number of rotatable bonds is 2. The molecule has 0 bridgehead atoms. The quantitative estimate of drug-likeness (QED) is 0.598. The monoisotopic (exact) mass is 179 g/mol. The topological polar surface area (TPSA) is 60.2 Å². The van der Waals surface area contributed by atoms with E-state index in [1.807, 2.05) is 13.1 Å². The van der Waals surface area contributed by atoms with Crippen molar-refractivity contribution < 1.29 is 8.42 Å². The molecule has 1 rings (SSSR count). The van der Waals surface area contributed by atoms with Crippen molar-refractivity contribution in [1.29, 1.82) is 0 Å². The summed E-state index contributed by atoms with van der Waals surface area (Å²) in [6, 6.07) is 0. The molecule has 0 radical (unpaired) electrons. The molecule has 0 spiro atoms. The van der Waals surface area contributed by atoms with Crippen molar-refractivity contribution in [2.24, 2.45) is 5.14 Å². The Morgan fingerprint density at radius 3 is 1.80 bits per heavy atom. The van der Waals surface area contributed by atoms with Crippen molar-refractivity contribution in [3.8, 4) is 0 Å². The van der Waals surface area contributed by atoms with Crippen LogP contribution in [0.3, 0.4) is 0 Å². The molecule has 0 aliphatic heterocycles. The summed E-state index contributed by atoms with van der Waals surface area (Å²) >= 11 is 0. The SMILES string of the molecule is C[SiH](C)C1(S(N)(=O)=O)CC1. The molecule has 0 aromatic rings. The minimum atomic E-state index is -3.23. The molecular formula is C5H13NO2SSi. The van der Waals surface area contributed by atoms with Crippen molar-refractivity contribution in [3.05, 3.63) is 0 Å². The van der Waals surface area contributed by atoms with Gasteiger partial charge in [0.05, 0.1) is 13.2 Å². The molecule has 2 N–H and O–H groups in total. The van der Waals surface area contributed by atoms with Gasteiger partial charge < -0.3 is 0 Å².